The number of nitrogens with zero attached hydrogens (tertiary/aromatic N) is 3. The number of hydrogen-bond donors (Lipinski definition) is 0. The topological polar surface area (TPSA) is 77.5 Å². The Morgan fingerprint density at radius 2 is 1.88 bits per heavy atom. The minimum atomic E-state index is -0.489. The molecule has 1 amide bonds. The second-order valence-electron chi connectivity index (χ2n) is 5.97. The molecule has 0 fully saturated rings. The van der Waals surface area contributed by atoms with Gasteiger partial charge in [-0.05, 0) is 50.1 Å². The predicted molar refractivity (Wildman–Crippen MR) is 98.0 cm³/mol. The summed E-state index contributed by atoms with van der Waals surface area (Å²) in [6.07, 6.45) is 0. The van der Waals surface area contributed by atoms with Gasteiger partial charge in [0, 0.05) is 18.7 Å². The molecule has 1 heterocycles. The highest BCUT2D eigenvalue weighted by Gasteiger charge is 2.18. The van der Waals surface area contributed by atoms with Crippen molar-refractivity contribution in [3.63, 3.8) is 0 Å². The van der Waals surface area contributed by atoms with Crippen LogP contribution in [0.4, 0.5) is 5.69 Å². The molecule has 0 spiro atoms. The van der Waals surface area contributed by atoms with E-state index in [0.29, 0.717) is 10.4 Å². The molecule has 0 saturated carbocycles. The maximum Gasteiger partial charge on any atom is 0.280 e. The summed E-state index contributed by atoms with van der Waals surface area (Å²) in [5.74, 6) is -0.475. The molecule has 1 aromatic heterocycles. The molecule has 0 bridgehead atoms. The Labute approximate surface area is 148 Å². The van der Waals surface area contributed by atoms with E-state index >= 15 is 0 Å². The largest absolute Gasteiger partial charge is 0.319 e. The van der Waals surface area contributed by atoms with Crippen LogP contribution in [0.15, 0.2) is 35.3 Å². The molecular weight excluding hydrogens is 338 g/mol. The van der Waals surface area contributed by atoms with Gasteiger partial charge in [-0.2, -0.15) is 4.99 Å². The van der Waals surface area contributed by atoms with Crippen LogP contribution in [0.1, 0.15) is 27.0 Å². The number of nitro groups is 1. The van der Waals surface area contributed by atoms with E-state index in [-0.39, 0.29) is 11.3 Å². The molecule has 0 atom stereocenters. The minimum absolute atomic E-state index is 0.0759. The summed E-state index contributed by atoms with van der Waals surface area (Å²) < 4.78 is 2.92. The van der Waals surface area contributed by atoms with Gasteiger partial charge in [-0.25, -0.2) is 0 Å². The van der Waals surface area contributed by atoms with Crippen molar-refractivity contribution in [1.82, 2.24) is 4.57 Å². The molecule has 0 unspecified atom stereocenters. The van der Waals surface area contributed by atoms with Gasteiger partial charge in [0.2, 0.25) is 0 Å². The van der Waals surface area contributed by atoms with Crippen LogP contribution in [-0.4, -0.2) is 15.4 Å². The number of carbonyl (C=O) groups is 1. The van der Waals surface area contributed by atoms with Crippen molar-refractivity contribution in [3.8, 4) is 0 Å². The normalized spacial score (nSPS) is 11.9. The van der Waals surface area contributed by atoms with E-state index in [2.05, 4.69) is 17.1 Å². The SMILES string of the molecule is Cc1cc2sc(=NC(=O)c3cccc([N+](=O)[O-])c3C)n(C)c2cc1C. The summed E-state index contributed by atoms with van der Waals surface area (Å²) in [5, 5.41) is 11.1. The molecule has 0 N–H and O–H groups in total. The lowest BCUT2D eigenvalue weighted by atomic mass is 10.1. The van der Waals surface area contributed by atoms with Crippen LogP contribution >= 0.6 is 11.3 Å². The minimum Gasteiger partial charge on any atom is -0.319 e. The maximum atomic E-state index is 12.6. The molecule has 3 aromatic rings. The van der Waals surface area contributed by atoms with Crippen LogP contribution in [0.2, 0.25) is 0 Å². The number of aromatic nitrogens is 1. The first-order valence-electron chi connectivity index (χ1n) is 7.69. The monoisotopic (exact) mass is 355 g/mol. The van der Waals surface area contributed by atoms with Gasteiger partial charge >= 0.3 is 0 Å². The maximum absolute atomic E-state index is 12.6. The van der Waals surface area contributed by atoms with Gasteiger partial charge in [-0.1, -0.05) is 17.4 Å². The smallest absolute Gasteiger partial charge is 0.280 e. The quantitative estimate of drug-likeness (QED) is 0.518. The lowest BCUT2D eigenvalue weighted by Gasteiger charge is -2.02. The summed E-state index contributed by atoms with van der Waals surface area (Å²) in [4.78, 5) is 27.9. The van der Waals surface area contributed by atoms with Crippen molar-refractivity contribution in [2.75, 3.05) is 0 Å². The van der Waals surface area contributed by atoms with Crippen molar-refractivity contribution >= 4 is 33.1 Å². The molecule has 2 aromatic carbocycles. The molecule has 3 rings (SSSR count). The molecular formula is C18H17N3O3S. The van der Waals surface area contributed by atoms with E-state index in [1.54, 1.807) is 13.0 Å². The molecule has 0 aliphatic heterocycles. The second-order valence-corrected chi connectivity index (χ2v) is 6.98. The zero-order chi connectivity index (χ0) is 18.3. The van der Waals surface area contributed by atoms with Crippen LogP contribution in [0.5, 0.6) is 0 Å². The van der Waals surface area contributed by atoms with Crippen LogP contribution in [0.25, 0.3) is 10.2 Å². The fourth-order valence-electron chi connectivity index (χ4n) is 2.69. The van der Waals surface area contributed by atoms with Crippen LogP contribution < -0.4 is 4.80 Å². The number of aryl methyl sites for hydroxylation is 3. The van der Waals surface area contributed by atoms with Crippen LogP contribution in [0.3, 0.4) is 0 Å². The van der Waals surface area contributed by atoms with Crippen molar-refractivity contribution in [2.45, 2.75) is 20.8 Å². The van der Waals surface area contributed by atoms with E-state index in [4.69, 9.17) is 0 Å². The number of benzene rings is 2. The molecule has 7 heteroatoms. The Morgan fingerprint density at radius 1 is 1.20 bits per heavy atom. The Bertz CT molecular complexity index is 1090. The Morgan fingerprint density at radius 3 is 2.56 bits per heavy atom. The molecule has 0 saturated heterocycles. The number of nitro benzene ring substituents is 1. The van der Waals surface area contributed by atoms with Gasteiger partial charge in [0.05, 0.1) is 20.7 Å². The van der Waals surface area contributed by atoms with Gasteiger partial charge in [-0.15, -0.1) is 0 Å². The standard InChI is InChI=1S/C18H17N3O3S/c1-10-8-15-16(9-11(10)2)25-18(20(15)4)19-17(22)13-6-5-7-14(12(13)3)21(23)24/h5-9H,1-4H3. The Balaban J connectivity index is 2.14. The average molecular weight is 355 g/mol. The fraction of sp³-hybridized carbons (Fsp3) is 0.222. The first-order valence-corrected chi connectivity index (χ1v) is 8.51. The molecule has 25 heavy (non-hydrogen) atoms. The lowest BCUT2D eigenvalue weighted by Crippen LogP contribution is -2.14. The molecule has 0 aliphatic carbocycles. The number of thiazole rings is 1. The summed E-state index contributed by atoms with van der Waals surface area (Å²) >= 11 is 1.43. The number of rotatable bonds is 2. The molecule has 0 radical (unpaired) electrons. The van der Waals surface area contributed by atoms with Crippen LogP contribution in [-0.2, 0) is 7.05 Å². The number of amides is 1. The van der Waals surface area contributed by atoms with Crippen molar-refractivity contribution in [2.24, 2.45) is 12.0 Å². The molecule has 128 valence electrons. The van der Waals surface area contributed by atoms with E-state index in [1.807, 2.05) is 25.5 Å². The van der Waals surface area contributed by atoms with Gasteiger partial charge in [0.1, 0.15) is 0 Å². The molecule has 0 aliphatic rings. The number of fused-ring (bicyclic) bond motifs is 1. The third-order valence-corrected chi connectivity index (χ3v) is 5.45. The second kappa shape index (κ2) is 6.25. The van der Waals surface area contributed by atoms with Crippen molar-refractivity contribution in [3.05, 3.63) is 67.5 Å². The highest BCUT2D eigenvalue weighted by atomic mass is 32.1. The summed E-state index contributed by atoms with van der Waals surface area (Å²) in [6.45, 7) is 5.66. The molecule has 6 nitrogen and oxygen atoms in total. The first kappa shape index (κ1) is 17.0. The highest BCUT2D eigenvalue weighted by Crippen LogP contribution is 2.23. The Hall–Kier alpha value is -2.80. The zero-order valence-electron chi connectivity index (χ0n) is 14.4. The fourth-order valence-corrected chi connectivity index (χ4v) is 3.78. The van der Waals surface area contributed by atoms with E-state index in [0.717, 1.165) is 10.2 Å². The lowest BCUT2D eigenvalue weighted by molar-refractivity contribution is -0.385. The average Bonchev–Trinajstić information content (AvgIpc) is 2.83. The first-order chi connectivity index (χ1) is 11.8. The van der Waals surface area contributed by atoms with E-state index in [1.165, 1.54) is 34.6 Å². The van der Waals surface area contributed by atoms with E-state index in [9.17, 15) is 14.9 Å². The number of hydrogen-bond acceptors (Lipinski definition) is 4. The van der Waals surface area contributed by atoms with Crippen molar-refractivity contribution < 1.29 is 9.72 Å². The highest BCUT2D eigenvalue weighted by molar-refractivity contribution is 7.16. The third kappa shape index (κ3) is 2.98. The Kier molecular flexibility index (Phi) is 4.26. The number of carbonyl (C=O) groups excluding carboxylic acids is 1. The van der Waals surface area contributed by atoms with Crippen LogP contribution in [0, 0.1) is 30.9 Å². The summed E-state index contributed by atoms with van der Waals surface area (Å²) in [7, 11) is 1.86. The van der Waals surface area contributed by atoms with Gasteiger partial charge in [-0.3, -0.25) is 14.9 Å². The van der Waals surface area contributed by atoms with Gasteiger partial charge in [0.25, 0.3) is 11.6 Å². The van der Waals surface area contributed by atoms with Gasteiger partial charge in [0.15, 0.2) is 4.80 Å². The van der Waals surface area contributed by atoms with Crippen molar-refractivity contribution in [1.29, 1.82) is 0 Å². The van der Waals surface area contributed by atoms with Gasteiger partial charge < -0.3 is 4.57 Å². The van der Waals surface area contributed by atoms with E-state index < -0.39 is 10.8 Å². The summed E-state index contributed by atoms with van der Waals surface area (Å²) in [5.41, 5.74) is 3.87. The summed E-state index contributed by atoms with van der Waals surface area (Å²) in [6, 6.07) is 8.61. The third-order valence-electron chi connectivity index (χ3n) is 4.35. The zero-order valence-corrected chi connectivity index (χ0v) is 15.2. The predicted octanol–water partition coefficient (Wildman–Crippen LogP) is 3.81.